The molecule has 1 aromatic rings. The van der Waals surface area contributed by atoms with E-state index in [4.69, 9.17) is 16.2 Å². The molecule has 3 unspecified atom stereocenters. The van der Waals surface area contributed by atoms with Gasteiger partial charge < -0.3 is 16.2 Å². The molecule has 0 aromatic heterocycles. The number of anilines is 1. The van der Waals surface area contributed by atoms with Gasteiger partial charge in [0.05, 0.1) is 12.6 Å². The largest absolute Gasteiger partial charge is 0.468 e. The van der Waals surface area contributed by atoms with Crippen LogP contribution in [-0.2, 0) is 15.1 Å². The third kappa shape index (κ3) is 1.89. The van der Waals surface area contributed by atoms with Crippen LogP contribution in [-0.4, -0.2) is 23.0 Å². The molecule has 3 atom stereocenters. The normalized spacial score (nSPS) is 32.9. The number of hydrogen-bond acceptors (Lipinski definition) is 6. The quantitative estimate of drug-likeness (QED) is 0.638. The minimum Gasteiger partial charge on any atom is -0.468 e. The molecule has 1 aromatic carbocycles. The van der Waals surface area contributed by atoms with Gasteiger partial charge in [-0.05, 0) is 25.5 Å². The molecule has 0 spiro atoms. The smallest absolute Gasteiger partial charge is 0.322 e. The number of nitrogens with zero attached hydrogens (tertiary/aromatic N) is 1. The van der Waals surface area contributed by atoms with Crippen LogP contribution in [0.5, 0.6) is 0 Å². The van der Waals surface area contributed by atoms with Crippen molar-refractivity contribution in [1.82, 2.24) is 0 Å². The van der Waals surface area contributed by atoms with Gasteiger partial charge >= 0.3 is 5.97 Å². The lowest BCUT2D eigenvalue weighted by Crippen LogP contribution is -2.40. The fraction of sp³-hybridized carbons (Fsp3) is 0.429. The van der Waals surface area contributed by atoms with Crippen LogP contribution >= 0.6 is 11.8 Å². The zero-order valence-corrected chi connectivity index (χ0v) is 12.8. The molecule has 1 saturated carbocycles. The molecule has 1 aliphatic heterocycles. The molecule has 5 nitrogen and oxygen atoms in total. The number of benzene rings is 1. The summed E-state index contributed by atoms with van der Waals surface area (Å²) >= 11 is 1.11. The maximum absolute atomic E-state index is 14.3. The summed E-state index contributed by atoms with van der Waals surface area (Å²) in [5.74, 6) is -2.84. The van der Waals surface area contributed by atoms with E-state index in [0.29, 0.717) is 6.42 Å². The van der Waals surface area contributed by atoms with Crippen LogP contribution in [0.3, 0.4) is 0 Å². The first-order chi connectivity index (χ1) is 10.2. The zero-order valence-electron chi connectivity index (χ0n) is 12.0. The highest BCUT2D eigenvalue weighted by atomic mass is 32.2. The number of carbonyl (C=O) groups is 1. The van der Waals surface area contributed by atoms with Crippen molar-refractivity contribution in [1.29, 1.82) is 0 Å². The van der Waals surface area contributed by atoms with Crippen molar-refractivity contribution < 1.29 is 18.3 Å². The van der Waals surface area contributed by atoms with Gasteiger partial charge in [-0.25, -0.2) is 8.78 Å². The van der Waals surface area contributed by atoms with E-state index in [9.17, 15) is 13.6 Å². The number of hydrogen-bond donors (Lipinski definition) is 2. The minimum absolute atomic E-state index is 0.00373. The number of nitrogens with two attached hydrogens (primary N) is 2. The van der Waals surface area contributed by atoms with Crippen molar-refractivity contribution in [3.05, 3.63) is 29.3 Å². The third-order valence-corrected chi connectivity index (χ3v) is 5.63. The number of methoxy groups -OCH3 is 1. The van der Waals surface area contributed by atoms with E-state index >= 15 is 0 Å². The van der Waals surface area contributed by atoms with Gasteiger partial charge in [0.1, 0.15) is 4.75 Å². The highest BCUT2D eigenvalue weighted by molar-refractivity contribution is 8.15. The van der Waals surface area contributed by atoms with Crippen molar-refractivity contribution in [2.75, 3.05) is 12.8 Å². The molecule has 0 radical (unpaired) electrons. The lowest BCUT2D eigenvalue weighted by atomic mass is 9.85. The SMILES string of the molecule is COC(=O)C12CC1C(C)(c1cc(N)cc(F)c1F)N=C(N)S2. The van der Waals surface area contributed by atoms with Gasteiger partial charge in [0.2, 0.25) is 0 Å². The molecule has 8 heteroatoms. The Morgan fingerprint density at radius 1 is 1.45 bits per heavy atom. The predicted octanol–water partition coefficient (Wildman–Crippen LogP) is 1.76. The Kier molecular flexibility index (Phi) is 3.14. The number of halogens is 2. The standard InChI is InChI=1S/C14H15F2N3O2S/c1-13(7-3-6(17)4-8(15)10(7)16)9-5-14(9,11(20)21-2)22-12(18)19-13/h3-4,9H,5,17H2,1-2H3,(H2,18,19). The average molecular weight is 327 g/mol. The molecule has 3 rings (SSSR count). The van der Waals surface area contributed by atoms with Crippen LogP contribution in [0.2, 0.25) is 0 Å². The second-order valence-corrected chi connectivity index (χ2v) is 7.05. The number of thioether (sulfide) groups is 1. The minimum atomic E-state index is -1.16. The lowest BCUT2D eigenvalue weighted by molar-refractivity contribution is -0.141. The molecule has 4 N–H and O–H groups in total. The van der Waals surface area contributed by atoms with Crippen LogP contribution in [0, 0.1) is 17.6 Å². The number of nitrogen functional groups attached to an aromatic ring is 1. The lowest BCUT2D eigenvalue weighted by Gasteiger charge is -2.33. The second-order valence-electron chi connectivity index (χ2n) is 5.70. The summed E-state index contributed by atoms with van der Waals surface area (Å²) in [6, 6.07) is 2.25. The first kappa shape index (κ1) is 15.1. The van der Waals surface area contributed by atoms with E-state index < -0.39 is 27.9 Å². The summed E-state index contributed by atoms with van der Waals surface area (Å²) in [4.78, 5) is 16.4. The number of carbonyl (C=O) groups excluding carboxylic acids is 1. The Labute approximate surface area is 130 Å². The average Bonchev–Trinajstić information content (AvgIpc) is 3.18. The van der Waals surface area contributed by atoms with Gasteiger partial charge in [-0.2, -0.15) is 0 Å². The van der Waals surface area contributed by atoms with E-state index in [1.807, 2.05) is 0 Å². The van der Waals surface area contributed by atoms with Crippen molar-refractivity contribution in [3.8, 4) is 0 Å². The molecule has 2 aliphatic rings. The third-order valence-electron chi connectivity index (χ3n) is 4.34. The monoisotopic (exact) mass is 327 g/mol. The number of rotatable bonds is 2. The fourth-order valence-electron chi connectivity index (χ4n) is 3.19. The van der Waals surface area contributed by atoms with Gasteiger partial charge in [-0.1, -0.05) is 11.8 Å². The topological polar surface area (TPSA) is 90.7 Å². The summed E-state index contributed by atoms with van der Waals surface area (Å²) in [5.41, 5.74) is 10.4. The highest BCUT2D eigenvalue weighted by Gasteiger charge is 2.71. The Bertz CT molecular complexity index is 712. The number of amidine groups is 1. The molecule has 118 valence electrons. The molecule has 0 saturated heterocycles. The molecule has 22 heavy (non-hydrogen) atoms. The Morgan fingerprint density at radius 2 is 2.14 bits per heavy atom. The van der Waals surface area contributed by atoms with Gasteiger partial charge in [0.25, 0.3) is 0 Å². The van der Waals surface area contributed by atoms with E-state index in [0.717, 1.165) is 17.8 Å². The van der Waals surface area contributed by atoms with Gasteiger partial charge in [0.15, 0.2) is 16.8 Å². The van der Waals surface area contributed by atoms with Gasteiger partial charge in [-0.3, -0.25) is 9.79 Å². The maximum atomic E-state index is 14.3. The summed E-state index contributed by atoms with van der Waals surface area (Å²) in [5, 5.41) is 0.142. The van der Waals surface area contributed by atoms with E-state index in [-0.39, 0.29) is 22.3 Å². The predicted molar refractivity (Wildman–Crippen MR) is 80.2 cm³/mol. The molecular formula is C14H15F2N3O2S. The zero-order chi connectivity index (χ0) is 16.3. The van der Waals surface area contributed by atoms with E-state index in [2.05, 4.69) is 4.99 Å². The number of esters is 1. The molecule has 1 aliphatic carbocycles. The van der Waals surface area contributed by atoms with Crippen LogP contribution in [0.1, 0.15) is 18.9 Å². The van der Waals surface area contributed by atoms with Crippen LogP contribution < -0.4 is 11.5 Å². The number of fused-ring (bicyclic) bond motifs is 1. The Balaban J connectivity index is 2.14. The molecule has 0 amide bonds. The maximum Gasteiger partial charge on any atom is 0.322 e. The van der Waals surface area contributed by atoms with Crippen molar-refractivity contribution in [3.63, 3.8) is 0 Å². The van der Waals surface area contributed by atoms with E-state index in [1.54, 1.807) is 6.92 Å². The van der Waals surface area contributed by atoms with Crippen molar-refractivity contribution in [2.45, 2.75) is 23.6 Å². The van der Waals surface area contributed by atoms with Gasteiger partial charge in [0, 0.05) is 17.2 Å². The number of aliphatic imine (C=N–C) groups is 1. The first-order valence-electron chi connectivity index (χ1n) is 6.62. The molecule has 0 bridgehead atoms. The molecule has 1 fully saturated rings. The highest BCUT2D eigenvalue weighted by Crippen LogP contribution is 2.66. The van der Waals surface area contributed by atoms with E-state index in [1.165, 1.54) is 13.2 Å². The fourth-order valence-corrected chi connectivity index (χ4v) is 4.59. The first-order valence-corrected chi connectivity index (χ1v) is 7.44. The summed E-state index contributed by atoms with van der Waals surface area (Å²) < 4.78 is 31.9. The summed E-state index contributed by atoms with van der Waals surface area (Å²) in [7, 11) is 1.28. The second kappa shape index (κ2) is 4.58. The molecular weight excluding hydrogens is 312 g/mol. The van der Waals surface area contributed by atoms with Crippen molar-refractivity contribution >= 4 is 28.6 Å². The molecule has 1 heterocycles. The van der Waals surface area contributed by atoms with Crippen LogP contribution in [0.25, 0.3) is 0 Å². The van der Waals surface area contributed by atoms with Gasteiger partial charge in [-0.15, -0.1) is 0 Å². The van der Waals surface area contributed by atoms with Crippen LogP contribution in [0.4, 0.5) is 14.5 Å². The van der Waals surface area contributed by atoms with Crippen molar-refractivity contribution in [2.24, 2.45) is 16.6 Å². The number of ether oxygens (including phenoxy) is 1. The Hall–Kier alpha value is -1.83. The summed E-state index contributed by atoms with van der Waals surface area (Å²) in [6.45, 7) is 1.63. The Morgan fingerprint density at radius 3 is 2.77 bits per heavy atom. The summed E-state index contributed by atoms with van der Waals surface area (Å²) in [6.07, 6.45) is 0.431. The van der Waals surface area contributed by atoms with Crippen LogP contribution in [0.15, 0.2) is 17.1 Å².